The molecule has 0 unspecified atom stereocenters. The number of rotatable bonds is 1. The molecule has 0 fully saturated rings. The molecular weight excluding hydrogens is 146 g/mol. The van der Waals surface area contributed by atoms with Gasteiger partial charge in [-0.2, -0.15) is 0 Å². The third kappa shape index (κ3) is 2.23. The van der Waals surface area contributed by atoms with Gasteiger partial charge in [-0.25, -0.2) is 4.79 Å². The van der Waals surface area contributed by atoms with Gasteiger partial charge in [0, 0.05) is 6.42 Å². The second kappa shape index (κ2) is 3.39. The minimum atomic E-state index is -0.464. The third-order valence-corrected chi connectivity index (χ3v) is 1.55. The van der Waals surface area contributed by atoms with Gasteiger partial charge in [-0.05, 0) is 0 Å². The summed E-state index contributed by atoms with van der Waals surface area (Å²) in [6.45, 7) is 0. The molecule has 0 heterocycles. The molecule has 11 heavy (non-hydrogen) atoms. The van der Waals surface area contributed by atoms with Crippen molar-refractivity contribution in [2.75, 3.05) is 7.11 Å². The fourth-order valence-corrected chi connectivity index (χ4v) is 0.997. The number of aliphatic hydroxyl groups excluding tert-OH is 1. The molecule has 0 aromatic heterocycles. The molecule has 0 aliphatic heterocycles. The van der Waals surface area contributed by atoms with Gasteiger partial charge in [0.15, 0.2) is 0 Å². The lowest BCUT2D eigenvalue weighted by molar-refractivity contribution is 0.164. The van der Waals surface area contributed by atoms with Crippen LogP contribution < -0.4 is 5.32 Å². The molecule has 0 aromatic rings. The first-order valence-electron chi connectivity index (χ1n) is 3.43. The molecule has 0 saturated heterocycles. The first kappa shape index (κ1) is 8.07. The van der Waals surface area contributed by atoms with Crippen LogP contribution in [0.3, 0.4) is 0 Å². The molecule has 2 atom stereocenters. The molecule has 2 N–H and O–H groups in total. The van der Waals surface area contributed by atoms with Gasteiger partial charge < -0.3 is 15.2 Å². The van der Waals surface area contributed by atoms with Crippen LogP contribution in [0.2, 0.25) is 0 Å². The Balaban J connectivity index is 2.29. The summed E-state index contributed by atoms with van der Waals surface area (Å²) in [5.41, 5.74) is 0. The fraction of sp³-hybridized carbons (Fsp3) is 0.571. The quantitative estimate of drug-likeness (QED) is 0.528. The highest BCUT2D eigenvalue weighted by atomic mass is 16.5. The normalized spacial score (nSPS) is 28.5. The van der Waals surface area contributed by atoms with Gasteiger partial charge in [0.1, 0.15) is 0 Å². The van der Waals surface area contributed by atoms with Crippen LogP contribution in [0.5, 0.6) is 0 Å². The lowest BCUT2D eigenvalue weighted by atomic mass is 10.2. The van der Waals surface area contributed by atoms with Gasteiger partial charge in [0.2, 0.25) is 0 Å². The number of nitrogens with one attached hydrogen (secondary N) is 1. The Morgan fingerprint density at radius 2 is 2.45 bits per heavy atom. The average molecular weight is 157 g/mol. The number of hydrogen-bond donors (Lipinski definition) is 2. The first-order chi connectivity index (χ1) is 5.22. The molecule has 1 aliphatic carbocycles. The zero-order chi connectivity index (χ0) is 8.27. The van der Waals surface area contributed by atoms with Crippen molar-refractivity contribution < 1.29 is 14.6 Å². The zero-order valence-electron chi connectivity index (χ0n) is 6.28. The zero-order valence-corrected chi connectivity index (χ0v) is 6.28. The van der Waals surface area contributed by atoms with E-state index in [0.717, 1.165) is 0 Å². The van der Waals surface area contributed by atoms with Crippen molar-refractivity contribution in [1.29, 1.82) is 0 Å². The summed E-state index contributed by atoms with van der Waals surface area (Å²) in [6.07, 6.45) is 3.04. The molecule has 1 rings (SSSR count). The predicted molar refractivity (Wildman–Crippen MR) is 39.1 cm³/mol. The highest BCUT2D eigenvalue weighted by Crippen LogP contribution is 2.09. The molecule has 0 bridgehead atoms. The molecule has 4 heteroatoms. The lowest BCUT2D eigenvalue weighted by Crippen LogP contribution is -2.32. The van der Waals surface area contributed by atoms with E-state index in [-0.39, 0.29) is 6.04 Å². The van der Waals surface area contributed by atoms with Crippen LogP contribution >= 0.6 is 0 Å². The van der Waals surface area contributed by atoms with Crippen LogP contribution in [0, 0.1) is 0 Å². The van der Waals surface area contributed by atoms with Gasteiger partial charge >= 0.3 is 6.09 Å². The summed E-state index contributed by atoms with van der Waals surface area (Å²) in [5.74, 6) is 0. The number of carbonyl (C=O) groups is 1. The van der Waals surface area contributed by atoms with Crippen molar-refractivity contribution >= 4 is 6.09 Å². The largest absolute Gasteiger partial charge is 0.453 e. The molecule has 0 spiro atoms. The highest BCUT2D eigenvalue weighted by Gasteiger charge is 2.17. The standard InChI is InChI=1S/C7H11NO3/c1-11-7(10)8-5-2-3-6(9)4-5/h2-3,5-6,9H,4H2,1H3,(H,8,10)/t5-,6+/m1/s1. The van der Waals surface area contributed by atoms with Crippen LogP contribution in [0.25, 0.3) is 0 Å². The van der Waals surface area contributed by atoms with E-state index < -0.39 is 12.2 Å². The Morgan fingerprint density at radius 3 is 2.91 bits per heavy atom. The summed E-state index contributed by atoms with van der Waals surface area (Å²) in [7, 11) is 1.31. The highest BCUT2D eigenvalue weighted by molar-refractivity contribution is 5.67. The smallest absolute Gasteiger partial charge is 0.407 e. The van der Waals surface area contributed by atoms with E-state index in [0.29, 0.717) is 6.42 Å². The van der Waals surface area contributed by atoms with Crippen molar-refractivity contribution in [2.45, 2.75) is 18.6 Å². The molecular formula is C7H11NO3. The van der Waals surface area contributed by atoms with Gasteiger partial charge in [-0.3, -0.25) is 0 Å². The van der Waals surface area contributed by atoms with Crippen LogP contribution in [0.4, 0.5) is 4.79 Å². The second-order valence-corrected chi connectivity index (χ2v) is 2.43. The average Bonchev–Trinajstić information content (AvgIpc) is 2.35. The summed E-state index contributed by atoms with van der Waals surface area (Å²) in [4.78, 5) is 10.6. The Bertz CT molecular complexity index is 179. The molecule has 0 radical (unpaired) electrons. The number of carbonyl (C=O) groups excluding carboxylic acids is 1. The minimum Gasteiger partial charge on any atom is -0.453 e. The van der Waals surface area contributed by atoms with Crippen LogP contribution in [0.15, 0.2) is 12.2 Å². The van der Waals surface area contributed by atoms with Crippen molar-refractivity contribution in [3.05, 3.63) is 12.2 Å². The van der Waals surface area contributed by atoms with Gasteiger partial charge in [-0.15, -0.1) is 0 Å². The second-order valence-electron chi connectivity index (χ2n) is 2.43. The van der Waals surface area contributed by atoms with E-state index in [1.165, 1.54) is 7.11 Å². The molecule has 62 valence electrons. The van der Waals surface area contributed by atoms with Crippen LogP contribution in [0.1, 0.15) is 6.42 Å². The lowest BCUT2D eigenvalue weighted by Gasteiger charge is -2.09. The molecule has 0 saturated carbocycles. The SMILES string of the molecule is COC(=O)N[C@@H]1C=C[C@H](O)C1. The van der Waals surface area contributed by atoms with Crippen molar-refractivity contribution in [3.63, 3.8) is 0 Å². The van der Waals surface area contributed by atoms with Crippen molar-refractivity contribution in [1.82, 2.24) is 5.32 Å². The minimum absolute atomic E-state index is 0.0857. The molecule has 1 amide bonds. The van der Waals surface area contributed by atoms with Gasteiger partial charge in [0.05, 0.1) is 19.3 Å². The number of ether oxygens (including phenoxy) is 1. The Labute approximate surface area is 64.9 Å². The molecule has 1 aliphatic rings. The number of amides is 1. The third-order valence-electron chi connectivity index (χ3n) is 1.55. The van der Waals surface area contributed by atoms with E-state index in [9.17, 15) is 4.79 Å². The Kier molecular flexibility index (Phi) is 2.48. The van der Waals surface area contributed by atoms with E-state index in [2.05, 4.69) is 10.1 Å². The van der Waals surface area contributed by atoms with Crippen molar-refractivity contribution in [3.8, 4) is 0 Å². The van der Waals surface area contributed by atoms with E-state index in [1.807, 2.05) is 0 Å². The van der Waals surface area contributed by atoms with E-state index >= 15 is 0 Å². The molecule has 0 aromatic carbocycles. The van der Waals surface area contributed by atoms with Gasteiger partial charge in [-0.1, -0.05) is 12.2 Å². The Hall–Kier alpha value is -1.03. The first-order valence-corrected chi connectivity index (χ1v) is 3.43. The predicted octanol–water partition coefficient (Wildman–Crippen LogP) is 0.0318. The Morgan fingerprint density at radius 1 is 1.73 bits per heavy atom. The molecule has 4 nitrogen and oxygen atoms in total. The van der Waals surface area contributed by atoms with Crippen LogP contribution in [-0.2, 0) is 4.74 Å². The van der Waals surface area contributed by atoms with Crippen molar-refractivity contribution in [2.24, 2.45) is 0 Å². The van der Waals surface area contributed by atoms with Gasteiger partial charge in [0.25, 0.3) is 0 Å². The summed E-state index contributed by atoms with van der Waals surface area (Å²) in [5, 5.41) is 11.6. The fourth-order valence-electron chi connectivity index (χ4n) is 0.997. The maximum Gasteiger partial charge on any atom is 0.407 e. The van der Waals surface area contributed by atoms with Crippen LogP contribution in [-0.4, -0.2) is 30.5 Å². The summed E-state index contributed by atoms with van der Waals surface area (Å²) in [6, 6.07) is -0.0857. The van der Waals surface area contributed by atoms with E-state index in [1.54, 1.807) is 12.2 Å². The van der Waals surface area contributed by atoms with E-state index in [4.69, 9.17) is 5.11 Å². The number of hydrogen-bond acceptors (Lipinski definition) is 3. The number of alkyl carbamates (subject to hydrolysis) is 1. The topological polar surface area (TPSA) is 58.6 Å². The maximum atomic E-state index is 10.6. The monoisotopic (exact) mass is 157 g/mol. The summed E-state index contributed by atoms with van der Waals surface area (Å²) < 4.78 is 4.38. The number of aliphatic hydroxyl groups is 1. The summed E-state index contributed by atoms with van der Waals surface area (Å²) >= 11 is 0. The maximum absolute atomic E-state index is 10.6. The number of methoxy groups -OCH3 is 1.